The first-order valence-electron chi connectivity index (χ1n) is 5.99. The van der Waals surface area contributed by atoms with Crippen molar-refractivity contribution in [3.05, 3.63) is 11.6 Å². The van der Waals surface area contributed by atoms with Crippen LogP contribution in [0.4, 0.5) is 0 Å². The quantitative estimate of drug-likeness (QED) is 0.637. The van der Waals surface area contributed by atoms with Crippen molar-refractivity contribution in [2.75, 3.05) is 0 Å². The van der Waals surface area contributed by atoms with Gasteiger partial charge in [0.15, 0.2) is 5.78 Å². The van der Waals surface area contributed by atoms with Crippen molar-refractivity contribution in [1.82, 2.24) is 0 Å². The molecule has 0 heterocycles. The van der Waals surface area contributed by atoms with Gasteiger partial charge in [0.25, 0.3) is 0 Å². The molecule has 2 atom stereocenters. The van der Waals surface area contributed by atoms with E-state index in [0.717, 1.165) is 12.7 Å². The summed E-state index contributed by atoms with van der Waals surface area (Å²) in [6, 6.07) is 0. The fourth-order valence-corrected chi connectivity index (χ4v) is 3.39. The van der Waals surface area contributed by atoms with Gasteiger partial charge in [-0.25, -0.2) is 0 Å². The molecule has 0 N–H and O–H groups in total. The highest BCUT2D eigenvalue weighted by Gasteiger charge is 2.52. The van der Waals surface area contributed by atoms with E-state index in [-0.39, 0.29) is 22.5 Å². The maximum atomic E-state index is 11.7. The predicted octanol–water partition coefficient (Wildman–Crippen LogP) is 2.77. The summed E-state index contributed by atoms with van der Waals surface area (Å²) in [4.78, 5) is 22.9. The summed E-state index contributed by atoms with van der Waals surface area (Å²) < 4.78 is 0. The fourth-order valence-electron chi connectivity index (χ4n) is 3.39. The molecular weight excluding hydrogens is 200 g/mol. The molecular formula is C14H20O2. The van der Waals surface area contributed by atoms with E-state index in [4.69, 9.17) is 0 Å². The second-order valence-electron chi connectivity index (χ2n) is 6.48. The molecule has 0 aliphatic heterocycles. The average molecular weight is 220 g/mol. The summed E-state index contributed by atoms with van der Waals surface area (Å²) >= 11 is 0. The van der Waals surface area contributed by atoms with E-state index in [0.29, 0.717) is 12.3 Å². The van der Waals surface area contributed by atoms with Crippen LogP contribution in [-0.2, 0) is 9.59 Å². The lowest BCUT2D eigenvalue weighted by Gasteiger charge is -2.37. The van der Waals surface area contributed by atoms with Gasteiger partial charge in [-0.15, -0.1) is 0 Å². The number of carbonyl (C=O) groups is 2. The maximum Gasteiger partial charge on any atom is 0.156 e. The molecule has 0 aromatic carbocycles. The Hall–Kier alpha value is -0.920. The number of fused-ring (bicyclic) bond motifs is 1. The molecule has 2 nitrogen and oxygen atoms in total. The van der Waals surface area contributed by atoms with Crippen LogP contribution in [0, 0.1) is 22.7 Å². The Labute approximate surface area is 97.1 Å². The van der Waals surface area contributed by atoms with Crippen molar-refractivity contribution in [3.63, 3.8) is 0 Å². The highest BCUT2D eigenvalue weighted by atomic mass is 16.1. The Morgan fingerprint density at radius 2 is 1.94 bits per heavy atom. The lowest BCUT2D eigenvalue weighted by Crippen LogP contribution is -2.32. The first-order chi connectivity index (χ1) is 7.29. The van der Waals surface area contributed by atoms with Gasteiger partial charge in [-0.3, -0.25) is 4.79 Å². The predicted molar refractivity (Wildman–Crippen MR) is 62.9 cm³/mol. The third-order valence-electron chi connectivity index (χ3n) is 4.59. The number of hydrogen-bond acceptors (Lipinski definition) is 2. The molecule has 0 aromatic heterocycles. The van der Waals surface area contributed by atoms with Crippen LogP contribution in [0.15, 0.2) is 11.6 Å². The van der Waals surface area contributed by atoms with Gasteiger partial charge in [-0.05, 0) is 29.2 Å². The van der Waals surface area contributed by atoms with E-state index in [1.165, 1.54) is 5.57 Å². The number of hydrogen-bond donors (Lipinski definition) is 0. The highest BCUT2D eigenvalue weighted by molar-refractivity contribution is 5.92. The lowest BCUT2D eigenvalue weighted by molar-refractivity contribution is -0.117. The molecule has 0 amide bonds. The highest BCUT2D eigenvalue weighted by Crippen LogP contribution is 2.57. The molecule has 2 aliphatic rings. The van der Waals surface area contributed by atoms with E-state index in [9.17, 15) is 9.59 Å². The van der Waals surface area contributed by atoms with Crippen LogP contribution in [0.5, 0.6) is 0 Å². The number of carbonyl (C=O) groups excluding carboxylic acids is 2. The third kappa shape index (κ3) is 1.47. The van der Waals surface area contributed by atoms with Crippen molar-refractivity contribution in [2.45, 2.75) is 40.5 Å². The van der Waals surface area contributed by atoms with Gasteiger partial charge in [-0.2, -0.15) is 0 Å². The molecule has 88 valence electrons. The Kier molecular flexibility index (Phi) is 2.37. The van der Waals surface area contributed by atoms with Crippen LogP contribution in [0.25, 0.3) is 0 Å². The standard InChI is InChI=1S/C14H20O2/c1-13(2)7-10(16)6-12-11(13)5-9(8-15)14(12,3)4/h6,8-9,11H,5,7H2,1-4H3. The normalized spacial score (nSPS) is 35.5. The third-order valence-corrected chi connectivity index (χ3v) is 4.59. The second-order valence-corrected chi connectivity index (χ2v) is 6.48. The monoisotopic (exact) mass is 220 g/mol. The number of ketones is 1. The lowest BCUT2D eigenvalue weighted by atomic mass is 9.66. The fraction of sp³-hybridized carbons (Fsp3) is 0.714. The summed E-state index contributed by atoms with van der Waals surface area (Å²) in [6.07, 6.45) is 4.39. The summed E-state index contributed by atoms with van der Waals surface area (Å²) in [5.74, 6) is 0.681. The minimum Gasteiger partial charge on any atom is -0.303 e. The van der Waals surface area contributed by atoms with Crippen LogP contribution in [0.3, 0.4) is 0 Å². The summed E-state index contributed by atoms with van der Waals surface area (Å²) in [7, 11) is 0. The molecule has 0 aromatic rings. The molecule has 2 heteroatoms. The number of allylic oxidation sites excluding steroid dienone is 2. The molecule has 0 bridgehead atoms. The molecule has 0 spiro atoms. The van der Waals surface area contributed by atoms with Gasteiger partial charge in [-0.1, -0.05) is 33.3 Å². The van der Waals surface area contributed by atoms with Crippen molar-refractivity contribution in [1.29, 1.82) is 0 Å². The molecule has 16 heavy (non-hydrogen) atoms. The average Bonchev–Trinajstić information content (AvgIpc) is 2.38. The van der Waals surface area contributed by atoms with Gasteiger partial charge >= 0.3 is 0 Å². The zero-order chi connectivity index (χ0) is 12.1. The van der Waals surface area contributed by atoms with Crippen molar-refractivity contribution >= 4 is 12.1 Å². The molecule has 0 radical (unpaired) electrons. The van der Waals surface area contributed by atoms with Gasteiger partial charge in [0.1, 0.15) is 6.29 Å². The second kappa shape index (κ2) is 3.28. The molecule has 2 aliphatic carbocycles. The van der Waals surface area contributed by atoms with Gasteiger partial charge in [0.05, 0.1) is 0 Å². The Morgan fingerprint density at radius 1 is 1.31 bits per heavy atom. The van der Waals surface area contributed by atoms with Crippen LogP contribution in [0.1, 0.15) is 40.5 Å². The molecule has 2 unspecified atom stereocenters. The van der Waals surface area contributed by atoms with Crippen LogP contribution >= 0.6 is 0 Å². The zero-order valence-corrected chi connectivity index (χ0v) is 10.5. The maximum absolute atomic E-state index is 11.7. The van der Waals surface area contributed by atoms with Crippen LogP contribution < -0.4 is 0 Å². The Bertz CT molecular complexity index is 374. The molecule has 1 saturated carbocycles. The number of rotatable bonds is 1. The van der Waals surface area contributed by atoms with E-state index in [2.05, 4.69) is 27.7 Å². The van der Waals surface area contributed by atoms with Crippen molar-refractivity contribution < 1.29 is 9.59 Å². The minimum absolute atomic E-state index is 0.0101. The first kappa shape index (κ1) is 11.6. The van der Waals surface area contributed by atoms with E-state index < -0.39 is 0 Å². The van der Waals surface area contributed by atoms with Gasteiger partial charge < -0.3 is 4.79 Å². The number of aldehydes is 1. The largest absolute Gasteiger partial charge is 0.303 e. The molecule has 0 saturated heterocycles. The minimum atomic E-state index is -0.139. The van der Waals surface area contributed by atoms with E-state index in [1.54, 1.807) is 6.08 Å². The summed E-state index contributed by atoms with van der Waals surface area (Å²) in [6.45, 7) is 8.47. The first-order valence-corrected chi connectivity index (χ1v) is 5.99. The zero-order valence-electron chi connectivity index (χ0n) is 10.5. The van der Waals surface area contributed by atoms with E-state index in [1.807, 2.05) is 0 Å². The van der Waals surface area contributed by atoms with Gasteiger partial charge in [0.2, 0.25) is 0 Å². The van der Waals surface area contributed by atoms with Crippen LogP contribution in [-0.4, -0.2) is 12.1 Å². The summed E-state index contributed by atoms with van der Waals surface area (Å²) in [5.41, 5.74) is 1.07. The van der Waals surface area contributed by atoms with Crippen LogP contribution in [0.2, 0.25) is 0 Å². The van der Waals surface area contributed by atoms with Gasteiger partial charge in [0, 0.05) is 12.3 Å². The smallest absolute Gasteiger partial charge is 0.156 e. The van der Waals surface area contributed by atoms with E-state index >= 15 is 0 Å². The Balaban J connectivity index is 2.49. The molecule has 2 rings (SSSR count). The SMILES string of the molecule is CC1(C)CC(=O)C=C2C1CC(C=O)C2(C)C. The van der Waals surface area contributed by atoms with Crippen molar-refractivity contribution in [3.8, 4) is 0 Å². The van der Waals surface area contributed by atoms with Crippen molar-refractivity contribution in [2.24, 2.45) is 22.7 Å². The Morgan fingerprint density at radius 3 is 2.50 bits per heavy atom. The topological polar surface area (TPSA) is 34.1 Å². The summed E-state index contributed by atoms with van der Waals surface area (Å²) in [5, 5.41) is 0. The molecule has 1 fully saturated rings.